The molecule has 2 bridgehead atoms. The second-order valence-electron chi connectivity index (χ2n) is 8.27. The van der Waals surface area contributed by atoms with E-state index in [1.165, 1.54) is 11.1 Å². The van der Waals surface area contributed by atoms with Gasteiger partial charge in [0.15, 0.2) is 0 Å². The number of rotatable bonds is 5. The highest BCUT2D eigenvalue weighted by Gasteiger charge is 2.44. The van der Waals surface area contributed by atoms with Gasteiger partial charge in [-0.2, -0.15) is 0 Å². The van der Waals surface area contributed by atoms with Crippen molar-refractivity contribution in [3.8, 4) is 0 Å². The SMILES string of the molecule is Cc1cccnc1CN(Cc1ncccc1C)C1CC2CCC(C1)N2C(=O)NO. The summed E-state index contributed by atoms with van der Waals surface area (Å²) in [6.45, 7) is 5.73. The first kappa shape index (κ1) is 19.8. The predicted molar refractivity (Wildman–Crippen MR) is 109 cm³/mol. The van der Waals surface area contributed by atoms with Crippen LogP contribution in [0, 0.1) is 13.8 Å². The van der Waals surface area contributed by atoms with Crippen molar-refractivity contribution in [3.05, 3.63) is 59.2 Å². The second kappa shape index (κ2) is 8.47. The molecule has 2 atom stereocenters. The molecule has 2 unspecified atom stereocenters. The van der Waals surface area contributed by atoms with Gasteiger partial charge in [-0.05, 0) is 62.8 Å². The summed E-state index contributed by atoms with van der Waals surface area (Å²) in [5.74, 6) is 0. The summed E-state index contributed by atoms with van der Waals surface area (Å²) >= 11 is 0. The van der Waals surface area contributed by atoms with E-state index in [4.69, 9.17) is 5.21 Å². The molecule has 29 heavy (non-hydrogen) atoms. The van der Waals surface area contributed by atoms with Crippen LogP contribution in [0.25, 0.3) is 0 Å². The lowest BCUT2D eigenvalue weighted by Gasteiger charge is -2.43. The summed E-state index contributed by atoms with van der Waals surface area (Å²) in [5.41, 5.74) is 6.38. The number of nitrogens with zero attached hydrogens (tertiary/aromatic N) is 4. The molecule has 4 heterocycles. The third-order valence-electron chi connectivity index (χ3n) is 6.50. The molecule has 0 radical (unpaired) electrons. The van der Waals surface area contributed by atoms with Crippen LogP contribution in [0.5, 0.6) is 0 Å². The Labute approximate surface area is 171 Å². The standard InChI is InChI=1S/C22H29N5O2/c1-15-5-3-9-23-20(15)13-26(14-21-16(2)6-4-10-24-21)19-11-17-7-8-18(12-19)27(17)22(28)25-29/h3-6,9-10,17-19,29H,7-8,11-14H2,1-2H3,(H,25,28). The van der Waals surface area contributed by atoms with E-state index < -0.39 is 0 Å². The van der Waals surface area contributed by atoms with E-state index in [1.54, 1.807) is 0 Å². The lowest BCUT2D eigenvalue weighted by Crippen LogP contribution is -2.54. The van der Waals surface area contributed by atoms with Crippen LogP contribution in [-0.2, 0) is 13.1 Å². The van der Waals surface area contributed by atoms with E-state index in [0.717, 1.165) is 50.2 Å². The fraction of sp³-hybridized carbons (Fsp3) is 0.500. The molecule has 7 nitrogen and oxygen atoms in total. The van der Waals surface area contributed by atoms with Gasteiger partial charge < -0.3 is 4.90 Å². The zero-order chi connectivity index (χ0) is 20.4. The van der Waals surface area contributed by atoms with Crippen molar-refractivity contribution in [3.63, 3.8) is 0 Å². The quantitative estimate of drug-likeness (QED) is 0.600. The zero-order valence-corrected chi connectivity index (χ0v) is 17.1. The number of hydrogen-bond donors (Lipinski definition) is 2. The third-order valence-corrected chi connectivity index (χ3v) is 6.50. The summed E-state index contributed by atoms with van der Waals surface area (Å²) in [6.07, 6.45) is 7.50. The molecule has 2 aromatic rings. The number of aryl methyl sites for hydroxylation is 2. The molecule has 2 aromatic heterocycles. The number of hydroxylamine groups is 1. The number of nitrogens with one attached hydrogen (secondary N) is 1. The van der Waals surface area contributed by atoms with Crippen molar-refractivity contribution in [2.24, 2.45) is 0 Å². The van der Waals surface area contributed by atoms with E-state index in [0.29, 0.717) is 6.04 Å². The number of amides is 2. The molecule has 2 N–H and O–H groups in total. The van der Waals surface area contributed by atoms with E-state index in [9.17, 15) is 4.79 Å². The normalized spacial score (nSPS) is 23.4. The minimum Gasteiger partial charge on any atom is -0.317 e. The van der Waals surface area contributed by atoms with Gasteiger partial charge in [-0.3, -0.25) is 20.1 Å². The van der Waals surface area contributed by atoms with Crippen LogP contribution in [0.15, 0.2) is 36.7 Å². The largest absolute Gasteiger partial charge is 0.341 e. The molecule has 7 heteroatoms. The number of fused-ring (bicyclic) bond motifs is 2. The Morgan fingerprint density at radius 2 is 1.59 bits per heavy atom. The van der Waals surface area contributed by atoms with E-state index in [-0.39, 0.29) is 18.1 Å². The highest BCUT2D eigenvalue weighted by Crippen LogP contribution is 2.38. The van der Waals surface area contributed by atoms with Crippen molar-refractivity contribution in [1.82, 2.24) is 25.2 Å². The molecule has 2 aliphatic heterocycles. The molecule has 2 fully saturated rings. The van der Waals surface area contributed by atoms with Crippen molar-refractivity contribution in [2.75, 3.05) is 0 Å². The monoisotopic (exact) mass is 395 g/mol. The van der Waals surface area contributed by atoms with Gasteiger partial charge in [0.2, 0.25) is 0 Å². The third kappa shape index (κ3) is 4.11. The summed E-state index contributed by atoms with van der Waals surface area (Å²) in [7, 11) is 0. The average molecular weight is 396 g/mol. The maximum absolute atomic E-state index is 12.1. The Kier molecular flexibility index (Phi) is 5.78. The first-order chi connectivity index (χ1) is 14.1. The minimum absolute atomic E-state index is 0.169. The molecular formula is C22H29N5O2. The lowest BCUT2D eigenvalue weighted by molar-refractivity contribution is 0.0514. The van der Waals surface area contributed by atoms with Crippen LogP contribution in [0.4, 0.5) is 4.79 Å². The first-order valence-corrected chi connectivity index (χ1v) is 10.3. The van der Waals surface area contributed by atoms with Crippen molar-refractivity contribution in [2.45, 2.75) is 70.7 Å². The fourth-order valence-electron chi connectivity index (χ4n) is 4.90. The van der Waals surface area contributed by atoms with Crippen LogP contribution in [-0.4, -0.2) is 49.1 Å². The Morgan fingerprint density at radius 1 is 1.07 bits per heavy atom. The number of aromatic nitrogens is 2. The fourth-order valence-corrected chi connectivity index (χ4v) is 4.90. The summed E-state index contributed by atoms with van der Waals surface area (Å²) in [6, 6.07) is 8.46. The topological polar surface area (TPSA) is 81.6 Å². The van der Waals surface area contributed by atoms with Gasteiger partial charge in [0.1, 0.15) is 0 Å². The van der Waals surface area contributed by atoms with Crippen molar-refractivity contribution < 1.29 is 10.0 Å². The zero-order valence-electron chi connectivity index (χ0n) is 17.1. The molecule has 2 amide bonds. The number of carbonyl (C=O) groups is 1. The number of carbonyl (C=O) groups excluding carboxylic acids is 1. The Morgan fingerprint density at radius 3 is 2.03 bits per heavy atom. The molecule has 0 spiro atoms. The molecule has 4 rings (SSSR count). The maximum atomic E-state index is 12.1. The van der Waals surface area contributed by atoms with E-state index in [2.05, 4.69) is 40.8 Å². The summed E-state index contributed by atoms with van der Waals surface area (Å²) in [4.78, 5) is 25.7. The average Bonchev–Trinajstić information content (AvgIpc) is 2.99. The summed E-state index contributed by atoms with van der Waals surface area (Å²) < 4.78 is 0. The first-order valence-electron chi connectivity index (χ1n) is 10.3. The Hall–Kier alpha value is -2.51. The molecular weight excluding hydrogens is 366 g/mol. The summed E-state index contributed by atoms with van der Waals surface area (Å²) in [5, 5.41) is 9.11. The predicted octanol–water partition coefficient (Wildman–Crippen LogP) is 3.19. The van der Waals surface area contributed by atoms with Gasteiger partial charge >= 0.3 is 6.03 Å². The van der Waals surface area contributed by atoms with Gasteiger partial charge in [0.25, 0.3) is 0 Å². The van der Waals surface area contributed by atoms with Crippen LogP contribution in [0.3, 0.4) is 0 Å². The smallest absolute Gasteiger partial charge is 0.317 e. The van der Waals surface area contributed by atoms with Crippen LogP contribution >= 0.6 is 0 Å². The molecule has 0 saturated carbocycles. The van der Waals surface area contributed by atoms with Crippen LogP contribution in [0.2, 0.25) is 0 Å². The van der Waals surface area contributed by atoms with Crippen molar-refractivity contribution in [1.29, 1.82) is 0 Å². The molecule has 0 aromatic carbocycles. The highest BCUT2D eigenvalue weighted by atomic mass is 16.5. The van der Waals surface area contributed by atoms with Gasteiger partial charge in [-0.1, -0.05) is 12.1 Å². The van der Waals surface area contributed by atoms with Gasteiger partial charge in [-0.15, -0.1) is 0 Å². The van der Waals surface area contributed by atoms with E-state index >= 15 is 0 Å². The number of urea groups is 1. The number of piperidine rings is 1. The van der Waals surface area contributed by atoms with Gasteiger partial charge in [0.05, 0.1) is 11.4 Å². The van der Waals surface area contributed by atoms with Gasteiger partial charge in [0, 0.05) is 43.6 Å². The molecule has 154 valence electrons. The Bertz CT molecular complexity index is 812. The van der Waals surface area contributed by atoms with Gasteiger partial charge in [-0.25, -0.2) is 10.3 Å². The Balaban J connectivity index is 1.58. The molecule has 0 aliphatic carbocycles. The molecule has 2 saturated heterocycles. The molecule has 2 aliphatic rings. The minimum atomic E-state index is -0.372. The number of hydrogen-bond acceptors (Lipinski definition) is 5. The van der Waals surface area contributed by atoms with Crippen LogP contribution < -0.4 is 5.48 Å². The van der Waals surface area contributed by atoms with Crippen LogP contribution in [0.1, 0.15) is 48.2 Å². The maximum Gasteiger partial charge on any atom is 0.341 e. The van der Waals surface area contributed by atoms with Crippen molar-refractivity contribution >= 4 is 6.03 Å². The lowest BCUT2D eigenvalue weighted by atomic mass is 9.95. The second-order valence-corrected chi connectivity index (χ2v) is 8.27. The van der Waals surface area contributed by atoms with E-state index in [1.807, 2.05) is 34.9 Å². The number of pyridine rings is 2. The highest BCUT2D eigenvalue weighted by molar-refractivity contribution is 5.74.